The maximum Gasteiger partial charge on any atom is 0.225 e. The standard InChI is InChI=1S/C20H24ClN5O2/c21-17-2-3-18(24-12-17)28-14-15-4-9-26(13-15)19(27)16-5-10-25(11-6-16)20-22-7-1-8-23-20/h1-3,7-8,12,15-16H,4-6,9-11,13-14H2. The Balaban J connectivity index is 1.23. The number of amides is 1. The van der Waals surface area contributed by atoms with Crippen molar-refractivity contribution in [1.29, 1.82) is 0 Å². The van der Waals surface area contributed by atoms with Crippen LogP contribution in [0.15, 0.2) is 36.8 Å². The highest BCUT2D eigenvalue weighted by Crippen LogP contribution is 2.26. The molecule has 8 heteroatoms. The number of likely N-dealkylation sites (tertiary alicyclic amines) is 1. The van der Waals surface area contributed by atoms with E-state index in [1.807, 2.05) is 11.0 Å². The van der Waals surface area contributed by atoms with Crippen LogP contribution in [0.2, 0.25) is 5.02 Å². The molecule has 0 spiro atoms. The fourth-order valence-corrected chi connectivity index (χ4v) is 3.97. The van der Waals surface area contributed by atoms with Gasteiger partial charge >= 0.3 is 0 Å². The highest BCUT2D eigenvalue weighted by Gasteiger charge is 2.33. The zero-order chi connectivity index (χ0) is 19.3. The number of halogens is 1. The van der Waals surface area contributed by atoms with Gasteiger partial charge in [-0.2, -0.15) is 0 Å². The molecule has 2 aliphatic rings. The maximum atomic E-state index is 12.9. The van der Waals surface area contributed by atoms with Gasteiger partial charge in [-0.25, -0.2) is 15.0 Å². The van der Waals surface area contributed by atoms with Crippen molar-refractivity contribution < 1.29 is 9.53 Å². The summed E-state index contributed by atoms with van der Waals surface area (Å²) in [4.78, 5) is 29.8. The molecule has 2 saturated heterocycles. The number of piperidine rings is 1. The van der Waals surface area contributed by atoms with Gasteiger partial charge in [0.1, 0.15) is 0 Å². The maximum absolute atomic E-state index is 12.9. The van der Waals surface area contributed by atoms with Crippen LogP contribution in [-0.4, -0.2) is 58.5 Å². The van der Waals surface area contributed by atoms with Crippen LogP contribution in [-0.2, 0) is 4.79 Å². The molecule has 28 heavy (non-hydrogen) atoms. The molecule has 2 aliphatic heterocycles. The number of hydrogen-bond donors (Lipinski definition) is 0. The zero-order valence-corrected chi connectivity index (χ0v) is 16.5. The molecule has 2 aromatic heterocycles. The summed E-state index contributed by atoms with van der Waals surface area (Å²) >= 11 is 5.84. The van der Waals surface area contributed by atoms with E-state index in [1.54, 1.807) is 30.7 Å². The molecule has 1 atom stereocenters. The summed E-state index contributed by atoms with van der Waals surface area (Å²) in [7, 11) is 0. The lowest BCUT2D eigenvalue weighted by Gasteiger charge is -2.33. The first-order valence-electron chi connectivity index (χ1n) is 9.74. The molecule has 1 amide bonds. The summed E-state index contributed by atoms with van der Waals surface area (Å²) < 4.78 is 5.75. The first-order chi connectivity index (χ1) is 13.7. The second-order valence-electron chi connectivity index (χ2n) is 7.37. The second kappa shape index (κ2) is 8.73. The van der Waals surface area contributed by atoms with Crippen molar-refractivity contribution in [2.75, 3.05) is 37.7 Å². The fraction of sp³-hybridized carbons (Fsp3) is 0.500. The minimum absolute atomic E-state index is 0.0950. The monoisotopic (exact) mass is 401 g/mol. The lowest BCUT2D eigenvalue weighted by molar-refractivity contribution is -0.135. The molecule has 2 aromatic rings. The van der Waals surface area contributed by atoms with Crippen LogP contribution in [0, 0.1) is 11.8 Å². The second-order valence-corrected chi connectivity index (χ2v) is 7.81. The van der Waals surface area contributed by atoms with Gasteiger partial charge in [-0.05, 0) is 31.4 Å². The molecule has 7 nitrogen and oxygen atoms in total. The third-order valence-electron chi connectivity index (χ3n) is 5.44. The van der Waals surface area contributed by atoms with Gasteiger partial charge in [0.2, 0.25) is 17.7 Å². The van der Waals surface area contributed by atoms with Gasteiger partial charge in [0.15, 0.2) is 0 Å². The van der Waals surface area contributed by atoms with Crippen molar-refractivity contribution in [1.82, 2.24) is 19.9 Å². The Hall–Kier alpha value is -2.41. The molecule has 2 fully saturated rings. The van der Waals surface area contributed by atoms with Crippen molar-refractivity contribution in [2.45, 2.75) is 19.3 Å². The van der Waals surface area contributed by atoms with Gasteiger partial charge < -0.3 is 14.5 Å². The summed E-state index contributed by atoms with van der Waals surface area (Å²) in [6, 6.07) is 5.35. The molecule has 0 aromatic carbocycles. The Labute approximate surface area is 169 Å². The molecule has 0 N–H and O–H groups in total. The average Bonchev–Trinajstić information content (AvgIpc) is 3.23. The Morgan fingerprint density at radius 1 is 1.11 bits per heavy atom. The molecule has 148 valence electrons. The van der Waals surface area contributed by atoms with Crippen molar-refractivity contribution in [2.24, 2.45) is 11.8 Å². The lowest BCUT2D eigenvalue weighted by atomic mass is 9.95. The van der Waals surface area contributed by atoms with Crippen LogP contribution in [0.5, 0.6) is 5.88 Å². The minimum atomic E-state index is 0.0950. The first kappa shape index (κ1) is 18.9. The number of nitrogens with zero attached hydrogens (tertiary/aromatic N) is 5. The first-order valence-corrected chi connectivity index (χ1v) is 10.1. The normalized spacial score (nSPS) is 20.4. The van der Waals surface area contributed by atoms with Crippen LogP contribution in [0.1, 0.15) is 19.3 Å². The molecule has 1 unspecified atom stereocenters. The smallest absolute Gasteiger partial charge is 0.225 e. The molecular weight excluding hydrogens is 378 g/mol. The van der Waals surface area contributed by atoms with Crippen LogP contribution in [0.4, 0.5) is 5.95 Å². The van der Waals surface area contributed by atoms with E-state index in [-0.39, 0.29) is 11.8 Å². The van der Waals surface area contributed by atoms with E-state index in [4.69, 9.17) is 16.3 Å². The van der Waals surface area contributed by atoms with E-state index in [2.05, 4.69) is 19.9 Å². The topological polar surface area (TPSA) is 71.5 Å². The molecule has 0 aliphatic carbocycles. The average molecular weight is 402 g/mol. The summed E-state index contributed by atoms with van der Waals surface area (Å²) in [5.41, 5.74) is 0. The van der Waals surface area contributed by atoms with Gasteiger partial charge in [-0.3, -0.25) is 4.79 Å². The van der Waals surface area contributed by atoms with E-state index in [9.17, 15) is 4.79 Å². The molecule has 0 radical (unpaired) electrons. The van der Waals surface area contributed by atoms with E-state index < -0.39 is 0 Å². The van der Waals surface area contributed by atoms with Crippen molar-refractivity contribution in [3.63, 3.8) is 0 Å². The number of pyridine rings is 1. The van der Waals surface area contributed by atoms with Gasteiger partial charge in [0.25, 0.3) is 0 Å². The number of carbonyl (C=O) groups is 1. The molecular formula is C20H24ClN5O2. The number of aromatic nitrogens is 3. The van der Waals surface area contributed by atoms with E-state index in [0.717, 1.165) is 51.4 Å². The number of ether oxygens (including phenoxy) is 1. The third-order valence-corrected chi connectivity index (χ3v) is 5.67. The summed E-state index contributed by atoms with van der Waals surface area (Å²) in [5, 5.41) is 0.592. The Kier molecular flexibility index (Phi) is 5.90. The van der Waals surface area contributed by atoms with Crippen molar-refractivity contribution >= 4 is 23.5 Å². The fourth-order valence-electron chi connectivity index (χ4n) is 3.86. The number of rotatable bonds is 5. The molecule has 4 heterocycles. The van der Waals surface area contributed by atoms with E-state index >= 15 is 0 Å². The highest BCUT2D eigenvalue weighted by molar-refractivity contribution is 6.30. The largest absolute Gasteiger partial charge is 0.477 e. The predicted octanol–water partition coefficient (Wildman–Crippen LogP) is 2.67. The van der Waals surface area contributed by atoms with Crippen LogP contribution in [0.3, 0.4) is 0 Å². The van der Waals surface area contributed by atoms with Crippen molar-refractivity contribution in [3.05, 3.63) is 41.8 Å². The molecule has 0 saturated carbocycles. The zero-order valence-electron chi connectivity index (χ0n) is 15.7. The van der Waals surface area contributed by atoms with Gasteiger partial charge in [0, 0.05) is 62.7 Å². The van der Waals surface area contributed by atoms with Crippen LogP contribution >= 0.6 is 11.6 Å². The van der Waals surface area contributed by atoms with E-state index in [0.29, 0.717) is 23.4 Å². The number of anilines is 1. The van der Waals surface area contributed by atoms with Gasteiger partial charge in [0.05, 0.1) is 11.6 Å². The minimum Gasteiger partial charge on any atom is -0.477 e. The van der Waals surface area contributed by atoms with Crippen molar-refractivity contribution in [3.8, 4) is 5.88 Å². The van der Waals surface area contributed by atoms with E-state index in [1.165, 1.54) is 0 Å². The van der Waals surface area contributed by atoms with Crippen LogP contribution in [0.25, 0.3) is 0 Å². The van der Waals surface area contributed by atoms with Gasteiger partial charge in [-0.15, -0.1) is 0 Å². The SMILES string of the molecule is O=C(C1CCN(c2ncccn2)CC1)N1CCC(COc2ccc(Cl)cn2)C1. The molecule has 0 bridgehead atoms. The summed E-state index contributed by atoms with van der Waals surface area (Å²) in [5.74, 6) is 2.05. The summed E-state index contributed by atoms with van der Waals surface area (Å²) in [6.07, 6.45) is 7.76. The Bertz CT molecular complexity index is 781. The summed E-state index contributed by atoms with van der Waals surface area (Å²) in [6.45, 7) is 3.78. The lowest BCUT2D eigenvalue weighted by Crippen LogP contribution is -2.42. The predicted molar refractivity (Wildman–Crippen MR) is 106 cm³/mol. The Morgan fingerprint density at radius 2 is 1.89 bits per heavy atom. The quantitative estimate of drug-likeness (QED) is 0.767. The third kappa shape index (κ3) is 4.52. The van der Waals surface area contributed by atoms with Gasteiger partial charge in [-0.1, -0.05) is 11.6 Å². The number of hydrogen-bond acceptors (Lipinski definition) is 6. The number of carbonyl (C=O) groups excluding carboxylic acids is 1. The highest BCUT2D eigenvalue weighted by atomic mass is 35.5. The molecule has 4 rings (SSSR count). The van der Waals surface area contributed by atoms with Crippen LogP contribution < -0.4 is 9.64 Å². The Morgan fingerprint density at radius 3 is 2.61 bits per heavy atom.